The Bertz CT molecular complexity index is 1840. The van der Waals surface area contributed by atoms with E-state index in [1.165, 1.54) is 32.2 Å². The number of hydrogen-bond acceptors (Lipinski definition) is 2. The molecule has 2 nitrogen and oxygen atoms in total. The molecule has 0 fully saturated rings. The van der Waals surface area contributed by atoms with Crippen LogP contribution in [0.3, 0.4) is 0 Å². The summed E-state index contributed by atoms with van der Waals surface area (Å²) in [4.78, 5) is 0. The van der Waals surface area contributed by atoms with Gasteiger partial charge in [0.2, 0.25) is 0 Å². The molecule has 0 spiro atoms. The molecule has 196 valence electrons. The van der Waals surface area contributed by atoms with Gasteiger partial charge in [-0.25, -0.2) is 0 Å². The summed E-state index contributed by atoms with van der Waals surface area (Å²) in [5.41, 5.74) is 2.20. The van der Waals surface area contributed by atoms with Crippen molar-refractivity contribution in [3.05, 3.63) is 133 Å². The van der Waals surface area contributed by atoms with Gasteiger partial charge in [0.1, 0.15) is 0 Å². The van der Waals surface area contributed by atoms with E-state index in [2.05, 4.69) is 164 Å². The van der Waals surface area contributed by atoms with E-state index in [9.17, 15) is 0 Å². The third-order valence-electron chi connectivity index (χ3n) is 6.84. The molecule has 0 bridgehead atoms. The Labute approximate surface area is 259 Å². The molecule has 0 aromatic heterocycles. The molecule has 2 atom stereocenters. The fraction of sp³-hybridized carbons (Fsp3) is 0. The normalized spacial score (nSPS) is 20.6. The van der Waals surface area contributed by atoms with E-state index in [0.717, 1.165) is 22.6 Å². The van der Waals surface area contributed by atoms with Crippen molar-refractivity contribution in [1.82, 2.24) is 0 Å². The zero-order valence-electron chi connectivity index (χ0n) is 21.0. The van der Waals surface area contributed by atoms with Crippen molar-refractivity contribution in [2.45, 2.75) is 0 Å². The maximum atomic E-state index is 7.34. The van der Waals surface area contributed by atoms with Gasteiger partial charge >= 0.3 is 262 Å². The molecule has 0 saturated heterocycles. The average Bonchev–Trinajstić information content (AvgIpc) is 3.01. The Kier molecular flexibility index (Phi) is 7.64. The predicted molar refractivity (Wildman–Crippen MR) is 177 cm³/mol. The average molecular weight is 816 g/mol. The van der Waals surface area contributed by atoms with Crippen LogP contribution in [0.5, 0.6) is 11.5 Å². The van der Waals surface area contributed by atoms with Gasteiger partial charge in [-0.3, -0.25) is 0 Å². The number of benzene rings is 6. The third-order valence-corrected chi connectivity index (χ3v) is 61.2. The minimum atomic E-state index is -2.12. The number of fused-ring (bicyclic) bond motifs is 7. The molecule has 1 aliphatic heterocycles. The van der Waals surface area contributed by atoms with Crippen LogP contribution in [0.25, 0.3) is 32.7 Å². The monoisotopic (exact) mass is 820 g/mol. The van der Waals surface area contributed by atoms with E-state index in [-0.39, 0.29) is 25.4 Å². The molecule has 40 heavy (non-hydrogen) atoms. The van der Waals surface area contributed by atoms with Gasteiger partial charge in [0.15, 0.2) is 0 Å². The topological polar surface area (TPSA) is 18.5 Å². The summed E-state index contributed by atoms with van der Waals surface area (Å²) in [5.74, 6) is 1.83. The fourth-order valence-corrected chi connectivity index (χ4v) is 70.5. The Morgan fingerprint density at radius 3 is 1.23 bits per heavy atom. The first kappa shape index (κ1) is 27.2. The Morgan fingerprint density at radius 2 is 0.800 bits per heavy atom. The van der Waals surface area contributed by atoms with E-state index in [1.807, 2.05) is 0 Å². The molecule has 2 unspecified atom stereocenters. The molecule has 7 rings (SSSR count). The van der Waals surface area contributed by atoms with Gasteiger partial charge < -0.3 is 0 Å². The number of rotatable bonds is 2. The van der Waals surface area contributed by atoms with Gasteiger partial charge in [-0.1, -0.05) is 0 Å². The summed E-state index contributed by atoms with van der Waals surface area (Å²) in [7, 11) is 0. The predicted octanol–water partition coefficient (Wildman–Crippen LogP) is 7.27. The van der Waals surface area contributed by atoms with E-state index < -0.39 is 8.85 Å². The Morgan fingerprint density at radius 1 is 0.425 bits per heavy atom. The van der Waals surface area contributed by atoms with Crippen LogP contribution in [0.15, 0.2) is 133 Å². The Balaban J connectivity index is 1.60. The van der Waals surface area contributed by atoms with Gasteiger partial charge in [0.25, 0.3) is 0 Å². The van der Waals surface area contributed by atoms with Crippen LogP contribution in [0, 0.1) is 0 Å². The summed E-state index contributed by atoms with van der Waals surface area (Å²) in [6, 6.07) is 47.5. The molecule has 1 aliphatic rings. The SMILES string of the molecule is [Se]=P1(c2ccccc2)Oc2ccc3ccccc3c2-c2c(ccc3ccccc23)OP(=[Se])(c2ccccc2)[Se][Se]1. The molecule has 1 heterocycles. The molecule has 0 N–H and O–H groups in total. The first-order valence-electron chi connectivity index (χ1n) is 12.7. The fourth-order valence-electron chi connectivity index (χ4n) is 4.96. The summed E-state index contributed by atoms with van der Waals surface area (Å²) >= 11 is 7.61. The van der Waals surface area contributed by atoms with Gasteiger partial charge in [0.05, 0.1) is 0 Å². The molecule has 0 amide bonds. The van der Waals surface area contributed by atoms with Crippen LogP contribution in [0.2, 0.25) is 0 Å². The Hall–Kier alpha value is -1.62. The zero-order chi connectivity index (χ0) is 27.2. The van der Waals surface area contributed by atoms with Crippen molar-refractivity contribution < 1.29 is 9.05 Å². The van der Waals surface area contributed by atoms with Crippen LogP contribution in [0.1, 0.15) is 0 Å². The molecule has 0 saturated carbocycles. The first-order valence-corrected chi connectivity index (χ1v) is 29.3. The van der Waals surface area contributed by atoms with Crippen LogP contribution >= 0.6 is 8.85 Å². The van der Waals surface area contributed by atoms with Crippen LogP contribution in [-0.2, 0) is 0 Å². The summed E-state index contributed by atoms with van der Waals surface area (Å²) < 4.78 is 10.4. The van der Waals surface area contributed by atoms with Crippen LogP contribution in [-0.4, -0.2) is 55.6 Å². The number of hydrogen-bond donors (Lipinski definition) is 0. The second-order valence-corrected chi connectivity index (χ2v) is 44.6. The summed E-state index contributed by atoms with van der Waals surface area (Å²) in [6.07, 6.45) is 0. The van der Waals surface area contributed by atoms with Crippen molar-refractivity contribution >= 4 is 96.6 Å². The van der Waals surface area contributed by atoms with Crippen LogP contribution < -0.4 is 19.7 Å². The van der Waals surface area contributed by atoms with Gasteiger partial charge in [-0.2, -0.15) is 0 Å². The minimum absolute atomic E-state index is 0.160. The molecular formula is C32H22O2P2Se4. The van der Waals surface area contributed by atoms with Crippen molar-refractivity contribution in [3.63, 3.8) is 0 Å². The molecule has 6 aromatic rings. The quantitative estimate of drug-likeness (QED) is 0.135. The van der Waals surface area contributed by atoms with Crippen molar-refractivity contribution in [3.8, 4) is 22.6 Å². The van der Waals surface area contributed by atoms with Gasteiger partial charge in [-0.05, 0) is 0 Å². The van der Waals surface area contributed by atoms with E-state index in [0.29, 0.717) is 0 Å². The standard InChI is InChI=1S/C32H22O2P2Se4/c37-35(25-13-3-1-4-14-25)33-29-21-19-23-11-7-9-17-27(23)31(29)32-28-18-10-8-12-24(28)20-22-30(32)34-36(38,40-39-35)26-15-5-2-6-16-26/h1-22H. The van der Waals surface area contributed by atoms with Gasteiger partial charge in [-0.15, -0.1) is 0 Å². The van der Waals surface area contributed by atoms with E-state index >= 15 is 0 Å². The second kappa shape index (κ2) is 11.2. The van der Waals surface area contributed by atoms with Crippen molar-refractivity contribution in [2.24, 2.45) is 0 Å². The first-order chi connectivity index (χ1) is 19.5. The van der Waals surface area contributed by atoms with Crippen LogP contribution in [0.4, 0.5) is 0 Å². The molecular weight excluding hydrogens is 794 g/mol. The van der Waals surface area contributed by atoms with Gasteiger partial charge in [0, 0.05) is 0 Å². The van der Waals surface area contributed by atoms with Crippen molar-refractivity contribution in [1.29, 1.82) is 0 Å². The summed E-state index contributed by atoms with van der Waals surface area (Å²) in [6.45, 7) is 0. The zero-order valence-corrected chi connectivity index (χ0v) is 29.7. The van der Waals surface area contributed by atoms with Crippen molar-refractivity contribution in [2.75, 3.05) is 0 Å². The molecule has 6 aromatic carbocycles. The molecule has 0 aliphatic carbocycles. The van der Waals surface area contributed by atoms with E-state index in [4.69, 9.17) is 9.05 Å². The maximum absolute atomic E-state index is 7.34. The second-order valence-electron chi connectivity index (χ2n) is 9.32. The van der Waals surface area contributed by atoms with E-state index in [1.54, 1.807) is 0 Å². The third kappa shape index (κ3) is 5.01. The summed E-state index contributed by atoms with van der Waals surface area (Å²) in [5, 5.41) is 7.23. The molecule has 0 radical (unpaired) electrons. The molecule has 8 heteroatoms.